The second-order valence-electron chi connectivity index (χ2n) is 5.36. The van der Waals surface area contributed by atoms with Crippen molar-refractivity contribution >= 4 is 21.7 Å². The molecule has 1 N–H and O–H groups in total. The number of amides is 1. The zero-order valence-corrected chi connectivity index (χ0v) is 12.1. The molecule has 2 aliphatic heterocycles. The van der Waals surface area contributed by atoms with Crippen LogP contribution in [-0.4, -0.2) is 78.9 Å². The highest BCUT2D eigenvalue weighted by Gasteiger charge is 2.33. The summed E-state index contributed by atoms with van der Waals surface area (Å²) in [6, 6.07) is -0.732. The summed E-state index contributed by atoms with van der Waals surface area (Å²) >= 11 is 0. The molecule has 0 radical (unpaired) electrons. The van der Waals surface area contributed by atoms with Gasteiger partial charge in [-0.25, -0.2) is 13.2 Å². The maximum absolute atomic E-state index is 12.2. The number of hydrogen-bond donors (Lipinski definition) is 1. The minimum atomic E-state index is -2.96. The maximum atomic E-state index is 12.2. The fraction of sp³-hybridized carbons (Fsp3) is 0.833. The molecular weight excluding hydrogens is 284 g/mol. The van der Waals surface area contributed by atoms with Crippen molar-refractivity contribution in [2.24, 2.45) is 0 Å². The molecule has 0 aromatic rings. The normalized spacial score (nSPS) is 27.2. The predicted octanol–water partition coefficient (Wildman–Crippen LogP) is -0.817. The number of sulfone groups is 1. The van der Waals surface area contributed by atoms with E-state index in [-0.39, 0.29) is 24.0 Å². The van der Waals surface area contributed by atoms with E-state index in [1.54, 1.807) is 4.90 Å². The lowest BCUT2D eigenvalue weighted by atomic mass is 10.0. The first-order chi connectivity index (χ1) is 9.39. The Kier molecular flexibility index (Phi) is 4.64. The zero-order chi connectivity index (χ0) is 14.8. The molecule has 0 aromatic heterocycles. The van der Waals surface area contributed by atoms with Crippen molar-refractivity contribution in [1.29, 1.82) is 0 Å². The zero-order valence-electron chi connectivity index (χ0n) is 11.3. The summed E-state index contributed by atoms with van der Waals surface area (Å²) in [5, 5.41) is 9.15. The van der Waals surface area contributed by atoms with E-state index in [1.807, 2.05) is 0 Å². The molecule has 114 valence electrons. The number of carboxylic acid groups (broad SMARTS) is 1. The van der Waals surface area contributed by atoms with Gasteiger partial charge in [0, 0.05) is 19.6 Å². The molecule has 0 saturated carbocycles. The molecule has 0 unspecified atom stereocenters. The molecule has 2 saturated heterocycles. The molecule has 0 aromatic carbocycles. The summed E-state index contributed by atoms with van der Waals surface area (Å²) in [4.78, 5) is 26.6. The average Bonchev–Trinajstić information content (AvgIpc) is 2.41. The van der Waals surface area contributed by atoms with Gasteiger partial charge in [0.15, 0.2) is 9.84 Å². The number of likely N-dealkylation sites (tertiary alicyclic amines) is 1. The summed E-state index contributed by atoms with van der Waals surface area (Å²) < 4.78 is 22.7. The fourth-order valence-electron chi connectivity index (χ4n) is 2.68. The summed E-state index contributed by atoms with van der Waals surface area (Å²) in [6.45, 7) is 1.28. The van der Waals surface area contributed by atoms with E-state index in [2.05, 4.69) is 0 Å². The van der Waals surface area contributed by atoms with Crippen molar-refractivity contribution in [2.45, 2.75) is 25.3 Å². The van der Waals surface area contributed by atoms with Gasteiger partial charge in [0.05, 0.1) is 18.1 Å². The topological polar surface area (TPSA) is 95.0 Å². The first kappa shape index (κ1) is 15.2. The maximum Gasteiger partial charge on any atom is 0.326 e. The number of carboxylic acids is 1. The first-order valence-electron chi connectivity index (χ1n) is 6.84. The van der Waals surface area contributed by atoms with E-state index in [1.165, 1.54) is 4.90 Å². The van der Waals surface area contributed by atoms with Crippen LogP contribution in [0, 0.1) is 0 Å². The van der Waals surface area contributed by atoms with Crippen molar-refractivity contribution in [3.05, 3.63) is 0 Å². The molecular formula is C12H20N2O5S. The van der Waals surface area contributed by atoms with Gasteiger partial charge in [-0.15, -0.1) is 0 Å². The second kappa shape index (κ2) is 6.09. The third-order valence-electron chi connectivity index (χ3n) is 3.90. The lowest BCUT2D eigenvalue weighted by Crippen LogP contribution is -2.52. The summed E-state index contributed by atoms with van der Waals surface area (Å²) in [5.41, 5.74) is 0. The molecule has 20 heavy (non-hydrogen) atoms. The van der Waals surface area contributed by atoms with E-state index in [0.717, 1.165) is 12.8 Å². The van der Waals surface area contributed by atoms with E-state index in [4.69, 9.17) is 5.11 Å². The Hall–Kier alpha value is -1.15. The average molecular weight is 304 g/mol. The van der Waals surface area contributed by atoms with E-state index < -0.39 is 21.8 Å². The van der Waals surface area contributed by atoms with Gasteiger partial charge in [-0.3, -0.25) is 9.69 Å². The summed E-state index contributed by atoms with van der Waals surface area (Å²) in [6.07, 6.45) is 2.14. The predicted molar refractivity (Wildman–Crippen MR) is 72.1 cm³/mol. The number of nitrogens with zero attached hydrogens (tertiary/aromatic N) is 2. The van der Waals surface area contributed by atoms with Crippen LogP contribution in [0.15, 0.2) is 0 Å². The van der Waals surface area contributed by atoms with Gasteiger partial charge in [-0.05, 0) is 19.3 Å². The second-order valence-corrected chi connectivity index (χ2v) is 7.67. The van der Waals surface area contributed by atoms with E-state index >= 15 is 0 Å². The third-order valence-corrected chi connectivity index (χ3v) is 5.51. The van der Waals surface area contributed by atoms with Crippen LogP contribution in [0.3, 0.4) is 0 Å². The molecule has 0 spiro atoms. The van der Waals surface area contributed by atoms with Crippen LogP contribution in [0.5, 0.6) is 0 Å². The van der Waals surface area contributed by atoms with Gasteiger partial charge in [-0.1, -0.05) is 0 Å². The quantitative estimate of drug-likeness (QED) is 0.732. The molecule has 2 rings (SSSR count). The van der Waals surface area contributed by atoms with Crippen molar-refractivity contribution < 1.29 is 23.1 Å². The largest absolute Gasteiger partial charge is 0.480 e. The molecule has 1 amide bonds. The van der Waals surface area contributed by atoms with E-state index in [0.29, 0.717) is 26.1 Å². The molecule has 7 nitrogen and oxygen atoms in total. The van der Waals surface area contributed by atoms with Crippen molar-refractivity contribution in [2.75, 3.05) is 37.7 Å². The monoisotopic (exact) mass is 304 g/mol. The van der Waals surface area contributed by atoms with Crippen molar-refractivity contribution in [3.63, 3.8) is 0 Å². The number of piperidine rings is 1. The highest BCUT2D eigenvalue weighted by Crippen LogP contribution is 2.18. The Labute approximate surface area is 118 Å². The van der Waals surface area contributed by atoms with Crippen molar-refractivity contribution in [3.8, 4) is 0 Å². The van der Waals surface area contributed by atoms with Crippen LogP contribution in [0.1, 0.15) is 19.3 Å². The number of aliphatic carboxylic acids is 1. The molecule has 2 aliphatic rings. The highest BCUT2D eigenvalue weighted by molar-refractivity contribution is 7.91. The number of rotatable bonds is 3. The fourth-order valence-corrected chi connectivity index (χ4v) is 3.95. The van der Waals surface area contributed by atoms with Crippen LogP contribution in [-0.2, 0) is 19.4 Å². The van der Waals surface area contributed by atoms with Crippen LogP contribution >= 0.6 is 0 Å². The standard InChI is InChI=1S/C12H20N2O5S/c15-11(9-13-5-7-20(18,19)8-6-13)14-4-2-1-3-10(14)12(16)17/h10H,1-9H2,(H,16,17)/t10-/m0/s1. The Morgan fingerprint density at radius 2 is 1.75 bits per heavy atom. The van der Waals surface area contributed by atoms with Gasteiger partial charge < -0.3 is 10.0 Å². The van der Waals surface area contributed by atoms with Crippen LogP contribution < -0.4 is 0 Å². The van der Waals surface area contributed by atoms with Gasteiger partial charge in [-0.2, -0.15) is 0 Å². The van der Waals surface area contributed by atoms with E-state index in [9.17, 15) is 18.0 Å². The van der Waals surface area contributed by atoms with Gasteiger partial charge in [0.2, 0.25) is 5.91 Å². The Morgan fingerprint density at radius 3 is 2.35 bits per heavy atom. The van der Waals surface area contributed by atoms with Crippen LogP contribution in [0.4, 0.5) is 0 Å². The molecule has 8 heteroatoms. The minimum Gasteiger partial charge on any atom is -0.480 e. The SMILES string of the molecule is O=C(O)[C@@H]1CCCCN1C(=O)CN1CCS(=O)(=O)CC1. The van der Waals surface area contributed by atoms with Gasteiger partial charge >= 0.3 is 5.97 Å². The molecule has 2 fully saturated rings. The highest BCUT2D eigenvalue weighted by atomic mass is 32.2. The summed E-state index contributed by atoms with van der Waals surface area (Å²) in [5.74, 6) is -1.03. The molecule has 0 bridgehead atoms. The number of carbonyl (C=O) groups is 2. The Morgan fingerprint density at radius 1 is 1.10 bits per heavy atom. The number of carbonyl (C=O) groups excluding carboxylic acids is 1. The molecule has 2 heterocycles. The van der Waals surface area contributed by atoms with Gasteiger partial charge in [0.1, 0.15) is 6.04 Å². The van der Waals surface area contributed by atoms with Crippen molar-refractivity contribution in [1.82, 2.24) is 9.80 Å². The lowest BCUT2D eigenvalue weighted by molar-refractivity contribution is -0.152. The third kappa shape index (κ3) is 3.69. The molecule has 0 aliphatic carbocycles. The number of hydrogen-bond acceptors (Lipinski definition) is 5. The smallest absolute Gasteiger partial charge is 0.326 e. The van der Waals surface area contributed by atoms with Crippen LogP contribution in [0.2, 0.25) is 0 Å². The Balaban J connectivity index is 1.92. The van der Waals surface area contributed by atoms with Crippen LogP contribution in [0.25, 0.3) is 0 Å². The summed E-state index contributed by atoms with van der Waals surface area (Å²) in [7, 11) is -2.96. The molecule has 1 atom stereocenters. The lowest BCUT2D eigenvalue weighted by Gasteiger charge is -2.35. The minimum absolute atomic E-state index is 0.0721. The Bertz CT molecular complexity index is 476. The van der Waals surface area contributed by atoms with Gasteiger partial charge in [0.25, 0.3) is 0 Å². The first-order valence-corrected chi connectivity index (χ1v) is 8.66.